The van der Waals surface area contributed by atoms with Gasteiger partial charge in [0.1, 0.15) is 12.4 Å². The summed E-state index contributed by atoms with van der Waals surface area (Å²) in [6.45, 7) is 2.33. The minimum atomic E-state index is -0.885. The van der Waals surface area contributed by atoms with Crippen LogP contribution in [0.15, 0.2) is 66.9 Å². The molecule has 0 aliphatic carbocycles. The number of aromatic nitrogens is 1. The summed E-state index contributed by atoms with van der Waals surface area (Å²) in [5.74, 6) is -0.293. The van der Waals surface area contributed by atoms with Crippen molar-refractivity contribution in [1.29, 1.82) is 0 Å². The van der Waals surface area contributed by atoms with Crippen LogP contribution in [0.5, 0.6) is 5.75 Å². The van der Waals surface area contributed by atoms with Gasteiger partial charge in [0, 0.05) is 23.0 Å². The molecule has 3 aromatic rings. The highest BCUT2D eigenvalue weighted by molar-refractivity contribution is 5.73. The summed E-state index contributed by atoms with van der Waals surface area (Å²) in [5, 5.41) is 9.21. The van der Waals surface area contributed by atoms with Gasteiger partial charge in [-0.2, -0.15) is 0 Å². The summed E-state index contributed by atoms with van der Waals surface area (Å²) >= 11 is 0. The van der Waals surface area contributed by atoms with Gasteiger partial charge < -0.3 is 9.84 Å². The molecule has 0 bridgehead atoms. The van der Waals surface area contributed by atoms with E-state index in [4.69, 9.17) is 4.74 Å². The molecule has 0 saturated heterocycles. The molecule has 0 atom stereocenters. The molecule has 126 valence electrons. The van der Waals surface area contributed by atoms with Crippen LogP contribution in [-0.4, -0.2) is 16.1 Å². The van der Waals surface area contributed by atoms with E-state index < -0.39 is 5.97 Å². The number of benzene rings is 2. The molecule has 0 spiro atoms. The van der Waals surface area contributed by atoms with Gasteiger partial charge in [0.2, 0.25) is 0 Å². The Labute approximate surface area is 146 Å². The number of carboxylic acid groups (broad SMARTS) is 1. The Morgan fingerprint density at radius 2 is 1.80 bits per heavy atom. The third-order valence-corrected chi connectivity index (χ3v) is 3.88. The molecule has 0 amide bonds. The monoisotopic (exact) mass is 333 g/mol. The Morgan fingerprint density at radius 1 is 1.04 bits per heavy atom. The molecule has 25 heavy (non-hydrogen) atoms. The van der Waals surface area contributed by atoms with Gasteiger partial charge in [0.25, 0.3) is 0 Å². The number of pyridine rings is 1. The highest BCUT2D eigenvalue weighted by Crippen LogP contribution is 2.27. The molecule has 3 rings (SSSR count). The zero-order valence-corrected chi connectivity index (χ0v) is 14.0. The number of carbonyl (C=O) groups is 1. The van der Waals surface area contributed by atoms with E-state index in [9.17, 15) is 9.90 Å². The van der Waals surface area contributed by atoms with E-state index in [1.165, 1.54) is 0 Å². The number of ether oxygens (including phenoxy) is 1. The van der Waals surface area contributed by atoms with Crippen molar-refractivity contribution in [2.24, 2.45) is 0 Å². The lowest BCUT2D eigenvalue weighted by Crippen LogP contribution is -2.04. The van der Waals surface area contributed by atoms with Crippen molar-refractivity contribution in [3.63, 3.8) is 0 Å². The molecule has 1 aromatic heterocycles. The average molecular weight is 333 g/mol. The molecule has 1 heterocycles. The fraction of sp³-hybridized carbons (Fsp3) is 0.143. The zero-order valence-electron chi connectivity index (χ0n) is 14.0. The second kappa shape index (κ2) is 7.62. The molecule has 0 aliphatic heterocycles. The highest BCUT2D eigenvalue weighted by Gasteiger charge is 2.11. The molecule has 0 saturated carbocycles. The van der Waals surface area contributed by atoms with Crippen molar-refractivity contribution >= 4 is 5.97 Å². The number of aryl methyl sites for hydroxylation is 1. The van der Waals surface area contributed by atoms with Gasteiger partial charge in [-0.25, -0.2) is 0 Å². The SMILES string of the molecule is Cc1ccc(-c2ccc(OCc3ccccc3)c(CC(=O)O)c2)cn1. The number of hydrogen-bond acceptors (Lipinski definition) is 3. The van der Waals surface area contributed by atoms with Crippen molar-refractivity contribution in [3.8, 4) is 16.9 Å². The second-order valence-corrected chi connectivity index (χ2v) is 5.86. The first kappa shape index (κ1) is 16.7. The maximum atomic E-state index is 11.2. The third-order valence-electron chi connectivity index (χ3n) is 3.88. The van der Waals surface area contributed by atoms with Crippen molar-refractivity contribution in [1.82, 2.24) is 4.98 Å². The number of hydrogen-bond donors (Lipinski definition) is 1. The number of aliphatic carboxylic acids is 1. The van der Waals surface area contributed by atoms with Crippen LogP contribution in [0.2, 0.25) is 0 Å². The van der Waals surface area contributed by atoms with E-state index in [-0.39, 0.29) is 6.42 Å². The number of carboxylic acids is 1. The van der Waals surface area contributed by atoms with E-state index in [0.717, 1.165) is 22.4 Å². The fourth-order valence-corrected chi connectivity index (χ4v) is 2.57. The van der Waals surface area contributed by atoms with E-state index >= 15 is 0 Å². The van der Waals surface area contributed by atoms with Gasteiger partial charge in [-0.05, 0) is 36.2 Å². The van der Waals surface area contributed by atoms with Crippen molar-refractivity contribution in [2.75, 3.05) is 0 Å². The lowest BCUT2D eigenvalue weighted by Gasteiger charge is -2.13. The van der Waals surface area contributed by atoms with Gasteiger partial charge in [-0.1, -0.05) is 42.5 Å². The maximum Gasteiger partial charge on any atom is 0.307 e. The molecule has 0 fully saturated rings. The van der Waals surface area contributed by atoms with Crippen LogP contribution in [0.4, 0.5) is 0 Å². The minimum Gasteiger partial charge on any atom is -0.489 e. The van der Waals surface area contributed by atoms with Gasteiger partial charge in [-0.15, -0.1) is 0 Å². The molecule has 0 unspecified atom stereocenters. The highest BCUT2D eigenvalue weighted by atomic mass is 16.5. The van der Waals surface area contributed by atoms with Gasteiger partial charge >= 0.3 is 5.97 Å². The van der Waals surface area contributed by atoms with E-state index in [2.05, 4.69) is 4.98 Å². The van der Waals surface area contributed by atoms with Crippen LogP contribution in [0.1, 0.15) is 16.8 Å². The molecular weight excluding hydrogens is 314 g/mol. The zero-order chi connectivity index (χ0) is 17.6. The Kier molecular flexibility index (Phi) is 5.09. The van der Waals surface area contributed by atoms with Crippen LogP contribution in [0.25, 0.3) is 11.1 Å². The van der Waals surface area contributed by atoms with Crippen LogP contribution in [-0.2, 0) is 17.8 Å². The van der Waals surface area contributed by atoms with Crippen LogP contribution in [0, 0.1) is 6.92 Å². The second-order valence-electron chi connectivity index (χ2n) is 5.86. The lowest BCUT2D eigenvalue weighted by molar-refractivity contribution is -0.136. The van der Waals surface area contributed by atoms with E-state index in [0.29, 0.717) is 17.9 Å². The number of rotatable bonds is 6. The summed E-state index contributed by atoms with van der Waals surface area (Å²) in [6.07, 6.45) is 1.71. The van der Waals surface area contributed by atoms with Gasteiger partial charge in [0.15, 0.2) is 0 Å². The smallest absolute Gasteiger partial charge is 0.307 e. The Bertz CT molecular complexity index is 858. The largest absolute Gasteiger partial charge is 0.489 e. The Hall–Kier alpha value is -3.14. The predicted octanol–water partition coefficient (Wildman–Crippen LogP) is 4.26. The van der Waals surface area contributed by atoms with Crippen LogP contribution < -0.4 is 4.74 Å². The molecule has 4 heteroatoms. The summed E-state index contributed by atoms with van der Waals surface area (Å²) < 4.78 is 5.86. The first-order valence-corrected chi connectivity index (χ1v) is 8.06. The fourth-order valence-electron chi connectivity index (χ4n) is 2.57. The standard InChI is InChI=1S/C21H19NO3/c1-15-7-8-18(13-22-15)17-9-10-20(19(11-17)12-21(23)24)25-14-16-5-3-2-4-6-16/h2-11,13H,12,14H2,1H3,(H,23,24). The van der Waals surface area contributed by atoms with Crippen molar-refractivity contribution in [3.05, 3.63) is 83.7 Å². The third kappa shape index (κ3) is 4.44. The van der Waals surface area contributed by atoms with Gasteiger partial charge in [0.05, 0.1) is 6.42 Å². The molecule has 0 radical (unpaired) electrons. The average Bonchev–Trinajstić information content (AvgIpc) is 2.62. The normalized spacial score (nSPS) is 10.4. The topological polar surface area (TPSA) is 59.4 Å². The minimum absolute atomic E-state index is 0.0861. The van der Waals surface area contributed by atoms with Gasteiger partial charge in [-0.3, -0.25) is 9.78 Å². The van der Waals surface area contributed by atoms with E-state index in [1.807, 2.05) is 67.6 Å². The van der Waals surface area contributed by atoms with E-state index in [1.54, 1.807) is 6.20 Å². The molecule has 2 aromatic carbocycles. The summed E-state index contributed by atoms with van der Waals surface area (Å²) in [6, 6.07) is 19.3. The molecular formula is C21H19NO3. The molecule has 4 nitrogen and oxygen atoms in total. The molecule has 0 aliphatic rings. The molecule has 1 N–H and O–H groups in total. The first-order valence-electron chi connectivity index (χ1n) is 8.06. The Morgan fingerprint density at radius 3 is 2.48 bits per heavy atom. The lowest BCUT2D eigenvalue weighted by atomic mass is 10.0. The quantitative estimate of drug-likeness (QED) is 0.732. The summed E-state index contributed by atoms with van der Waals surface area (Å²) in [4.78, 5) is 15.5. The maximum absolute atomic E-state index is 11.2. The van der Waals surface area contributed by atoms with Crippen molar-refractivity contribution < 1.29 is 14.6 Å². The summed E-state index contributed by atoms with van der Waals surface area (Å²) in [7, 11) is 0. The van der Waals surface area contributed by atoms with Crippen molar-refractivity contribution in [2.45, 2.75) is 20.0 Å². The van der Waals surface area contributed by atoms with Crippen LogP contribution in [0.3, 0.4) is 0 Å². The first-order chi connectivity index (χ1) is 12.1. The van der Waals surface area contributed by atoms with Crippen LogP contribution >= 0.6 is 0 Å². The number of nitrogens with zero attached hydrogens (tertiary/aromatic N) is 1. The predicted molar refractivity (Wildman–Crippen MR) is 96.5 cm³/mol. The Balaban J connectivity index is 1.86. The summed E-state index contributed by atoms with van der Waals surface area (Å²) in [5.41, 5.74) is 4.51.